The van der Waals surface area contributed by atoms with Crippen LogP contribution in [0.25, 0.3) is 11.5 Å². The molecular weight excluding hydrogens is 360 g/mol. The van der Waals surface area contributed by atoms with Crippen molar-refractivity contribution >= 4 is 29.3 Å². The van der Waals surface area contributed by atoms with E-state index in [4.69, 9.17) is 16.0 Å². The summed E-state index contributed by atoms with van der Waals surface area (Å²) in [5.41, 5.74) is 1.77. The largest absolute Gasteiger partial charge is 0.411 e. The molecule has 1 unspecified atom stereocenters. The van der Waals surface area contributed by atoms with Crippen LogP contribution in [0.4, 0.5) is 0 Å². The molecule has 1 atom stereocenters. The molecule has 1 N–H and O–H groups in total. The molecule has 2 aromatic heterocycles. The van der Waals surface area contributed by atoms with Crippen molar-refractivity contribution in [2.24, 2.45) is 0 Å². The van der Waals surface area contributed by atoms with E-state index >= 15 is 0 Å². The van der Waals surface area contributed by atoms with Gasteiger partial charge < -0.3 is 9.73 Å². The normalized spacial score (nSPS) is 11.9. The number of amides is 1. The number of benzene rings is 1. The van der Waals surface area contributed by atoms with Crippen LogP contribution in [0.5, 0.6) is 0 Å². The lowest BCUT2D eigenvalue weighted by molar-refractivity contribution is -0.119. The second-order valence-corrected chi connectivity index (χ2v) is 6.60. The zero-order valence-electron chi connectivity index (χ0n) is 13.3. The molecular formula is C17H15ClN4O2S. The lowest BCUT2D eigenvalue weighted by Gasteiger charge is -2.13. The van der Waals surface area contributed by atoms with Crippen molar-refractivity contribution in [2.45, 2.75) is 18.2 Å². The van der Waals surface area contributed by atoms with E-state index in [9.17, 15) is 4.79 Å². The average Bonchev–Trinajstić information content (AvgIpc) is 3.10. The number of rotatable bonds is 6. The third-order valence-corrected chi connectivity index (χ3v) is 4.48. The minimum atomic E-state index is -0.111. The monoisotopic (exact) mass is 374 g/mol. The van der Waals surface area contributed by atoms with Gasteiger partial charge in [-0.05, 0) is 48.9 Å². The Morgan fingerprint density at radius 2 is 1.92 bits per heavy atom. The van der Waals surface area contributed by atoms with Crippen molar-refractivity contribution in [2.75, 3.05) is 5.75 Å². The SMILES string of the molecule is CC(NC(=O)CSc1nnc(-c2ccc(Cl)cc2)o1)c1ccncc1. The number of thioether (sulfide) groups is 1. The third-order valence-electron chi connectivity index (χ3n) is 3.41. The first-order chi connectivity index (χ1) is 12.1. The Bertz CT molecular complexity index is 839. The van der Waals surface area contributed by atoms with Gasteiger partial charge in [0.1, 0.15) is 0 Å². The summed E-state index contributed by atoms with van der Waals surface area (Å²) in [5, 5.41) is 11.8. The summed E-state index contributed by atoms with van der Waals surface area (Å²) >= 11 is 7.05. The fourth-order valence-electron chi connectivity index (χ4n) is 2.12. The molecule has 2 heterocycles. The van der Waals surface area contributed by atoms with Crippen molar-refractivity contribution in [3.05, 3.63) is 59.4 Å². The van der Waals surface area contributed by atoms with Gasteiger partial charge in [-0.15, -0.1) is 10.2 Å². The van der Waals surface area contributed by atoms with E-state index < -0.39 is 0 Å². The number of hydrogen-bond donors (Lipinski definition) is 1. The smallest absolute Gasteiger partial charge is 0.277 e. The van der Waals surface area contributed by atoms with Crippen LogP contribution >= 0.6 is 23.4 Å². The Kier molecular flexibility index (Phi) is 5.67. The van der Waals surface area contributed by atoms with Gasteiger partial charge in [0.25, 0.3) is 5.22 Å². The zero-order chi connectivity index (χ0) is 17.6. The number of pyridine rings is 1. The number of nitrogens with zero attached hydrogens (tertiary/aromatic N) is 3. The first kappa shape index (κ1) is 17.4. The minimum Gasteiger partial charge on any atom is -0.411 e. The second-order valence-electron chi connectivity index (χ2n) is 5.24. The van der Waals surface area contributed by atoms with Gasteiger partial charge in [0, 0.05) is 23.0 Å². The molecule has 0 saturated carbocycles. The average molecular weight is 375 g/mol. The Balaban J connectivity index is 1.53. The summed E-state index contributed by atoms with van der Waals surface area (Å²) in [5.74, 6) is 0.475. The van der Waals surface area contributed by atoms with Gasteiger partial charge in [-0.2, -0.15) is 0 Å². The maximum absolute atomic E-state index is 12.1. The second kappa shape index (κ2) is 8.13. The Morgan fingerprint density at radius 1 is 1.20 bits per heavy atom. The van der Waals surface area contributed by atoms with Crippen molar-refractivity contribution in [1.82, 2.24) is 20.5 Å². The van der Waals surface area contributed by atoms with Gasteiger partial charge in [0.15, 0.2) is 0 Å². The number of aromatic nitrogens is 3. The lowest BCUT2D eigenvalue weighted by Crippen LogP contribution is -2.28. The van der Waals surface area contributed by atoms with Gasteiger partial charge in [0.05, 0.1) is 11.8 Å². The molecule has 6 nitrogen and oxygen atoms in total. The number of hydrogen-bond acceptors (Lipinski definition) is 6. The lowest BCUT2D eigenvalue weighted by atomic mass is 10.1. The van der Waals surface area contributed by atoms with E-state index in [0.29, 0.717) is 16.1 Å². The fraction of sp³-hybridized carbons (Fsp3) is 0.176. The van der Waals surface area contributed by atoms with Crippen LogP contribution in [0.2, 0.25) is 5.02 Å². The summed E-state index contributed by atoms with van der Waals surface area (Å²) in [6.07, 6.45) is 3.40. The maximum atomic E-state index is 12.1. The molecule has 0 aliphatic heterocycles. The summed E-state index contributed by atoms with van der Waals surface area (Å²) in [7, 11) is 0. The molecule has 3 rings (SSSR count). The van der Waals surface area contributed by atoms with Gasteiger partial charge >= 0.3 is 0 Å². The summed E-state index contributed by atoms with van der Waals surface area (Å²) in [6, 6.07) is 10.7. The van der Waals surface area contributed by atoms with Gasteiger partial charge in [-0.1, -0.05) is 23.4 Å². The van der Waals surface area contributed by atoms with Crippen molar-refractivity contribution in [3.8, 4) is 11.5 Å². The van der Waals surface area contributed by atoms with E-state index in [0.717, 1.165) is 11.1 Å². The van der Waals surface area contributed by atoms with Crippen LogP contribution < -0.4 is 5.32 Å². The van der Waals surface area contributed by atoms with Crippen molar-refractivity contribution in [1.29, 1.82) is 0 Å². The van der Waals surface area contributed by atoms with Crippen LogP contribution in [0.1, 0.15) is 18.5 Å². The zero-order valence-corrected chi connectivity index (χ0v) is 14.9. The molecule has 25 heavy (non-hydrogen) atoms. The van der Waals surface area contributed by atoms with Gasteiger partial charge in [-0.3, -0.25) is 9.78 Å². The predicted octanol–water partition coefficient (Wildman–Crippen LogP) is 3.75. The molecule has 0 aliphatic carbocycles. The highest BCUT2D eigenvalue weighted by Crippen LogP contribution is 2.24. The Morgan fingerprint density at radius 3 is 2.64 bits per heavy atom. The van der Waals surface area contributed by atoms with Crippen molar-refractivity contribution < 1.29 is 9.21 Å². The van der Waals surface area contributed by atoms with Crippen LogP contribution in [-0.2, 0) is 4.79 Å². The Hall–Kier alpha value is -2.38. The van der Waals surface area contributed by atoms with E-state index in [2.05, 4.69) is 20.5 Å². The predicted molar refractivity (Wildman–Crippen MR) is 96.3 cm³/mol. The quantitative estimate of drug-likeness (QED) is 0.662. The summed E-state index contributed by atoms with van der Waals surface area (Å²) in [4.78, 5) is 16.0. The first-order valence-corrected chi connectivity index (χ1v) is 8.89. The number of carbonyl (C=O) groups is 1. The number of carbonyl (C=O) groups excluding carboxylic acids is 1. The molecule has 0 aliphatic rings. The van der Waals surface area contributed by atoms with Gasteiger partial charge in [-0.25, -0.2) is 0 Å². The van der Waals surface area contributed by atoms with Gasteiger partial charge in [0.2, 0.25) is 11.8 Å². The number of halogens is 1. The maximum Gasteiger partial charge on any atom is 0.277 e. The standard InChI is InChI=1S/C17H15ClN4O2S/c1-11(12-6-8-19-9-7-12)20-15(23)10-25-17-22-21-16(24-17)13-2-4-14(18)5-3-13/h2-9,11H,10H2,1H3,(H,20,23). The number of nitrogens with one attached hydrogen (secondary N) is 1. The molecule has 8 heteroatoms. The fourth-order valence-corrected chi connectivity index (χ4v) is 2.82. The molecule has 0 fully saturated rings. The van der Waals surface area contributed by atoms with E-state index in [1.54, 1.807) is 36.7 Å². The molecule has 128 valence electrons. The molecule has 0 saturated heterocycles. The highest BCUT2D eigenvalue weighted by molar-refractivity contribution is 7.99. The molecule has 1 aromatic carbocycles. The Labute approximate surface area is 154 Å². The van der Waals surface area contributed by atoms with Crippen LogP contribution in [0.3, 0.4) is 0 Å². The molecule has 3 aromatic rings. The van der Waals surface area contributed by atoms with Crippen molar-refractivity contribution in [3.63, 3.8) is 0 Å². The molecule has 1 amide bonds. The van der Waals surface area contributed by atoms with E-state index in [-0.39, 0.29) is 17.7 Å². The summed E-state index contributed by atoms with van der Waals surface area (Å²) in [6.45, 7) is 1.92. The molecule has 0 bridgehead atoms. The minimum absolute atomic E-state index is 0.0941. The van der Waals surface area contributed by atoms with Crippen LogP contribution in [-0.4, -0.2) is 26.8 Å². The summed E-state index contributed by atoms with van der Waals surface area (Å²) < 4.78 is 5.56. The molecule has 0 spiro atoms. The van der Waals surface area contributed by atoms with Crippen LogP contribution in [0.15, 0.2) is 58.4 Å². The first-order valence-electron chi connectivity index (χ1n) is 7.53. The molecule has 0 radical (unpaired) electrons. The third kappa shape index (κ3) is 4.80. The van der Waals surface area contributed by atoms with E-state index in [1.165, 1.54) is 11.8 Å². The van der Waals surface area contributed by atoms with E-state index in [1.807, 2.05) is 19.1 Å². The highest BCUT2D eigenvalue weighted by atomic mass is 35.5. The highest BCUT2D eigenvalue weighted by Gasteiger charge is 2.13. The van der Waals surface area contributed by atoms with Crippen LogP contribution in [0, 0.1) is 0 Å². The topological polar surface area (TPSA) is 80.9 Å².